The SMILES string of the molecule is COC(=O)c1cc(O[C@H]2CC[C@@](C)(c3nnn[nH]3)CC2)c(F)cc1OC. The molecule has 1 aromatic heterocycles. The summed E-state index contributed by atoms with van der Waals surface area (Å²) in [6.45, 7) is 2.09. The monoisotopic (exact) mass is 364 g/mol. The van der Waals surface area contributed by atoms with Gasteiger partial charge in [0.05, 0.1) is 20.3 Å². The number of nitrogens with one attached hydrogen (secondary N) is 1. The lowest BCUT2D eigenvalue weighted by Crippen LogP contribution is -2.34. The lowest BCUT2D eigenvalue weighted by Gasteiger charge is -2.35. The first-order valence-corrected chi connectivity index (χ1v) is 8.33. The molecule has 0 radical (unpaired) electrons. The van der Waals surface area contributed by atoms with E-state index in [1.165, 1.54) is 20.3 Å². The molecule has 0 amide bonds. The minimum absolute atomic E-state index is 0.0149. The molecular formula is C17H21FN4O4. The third-order valence-corrected chi connectivity index (χ3v) is 4.91. The van der Waals surface area contributed by atoms with Gasteiger partial charge in [0.2, 0.25) is 0 Å². The third kappa shape index (κ3) is 3.47. The second-order valence-electron chi connectivity index (χ2n) is 6.60. The molecule has 26 heavy (non-hydrogen) atoms. The van der Waals surface area contributed by atoms with Crippen molar-refractivity contribution < 1.29 is 23.4 Å². The Balaban J connectivity index is 1.73. The number of carbonyl (C=O) groups excluding carboxylic acids is 1. The number of H-pyrrole nitrogens is 1. The highest BCUT2D eigenvalue weighted by atomic mass is 19.1. The maximum atomic E-state index is 14.3. The van der Waals surface area contributed by atoms with E-state index in [0.29, 0.717) is 0 Å². The van der Waals surface area contributed by atoms with Crippen LogP contribution in [-0.2, 0) is 10.2 Å². The van der Waals surface area contributed by atoms with Crippen molar-refractivity contribution in [3.8, 4) is 11.5 Å². The van der Waals surface area contributed by atoms with Crippen LogP contribution in [0.1, 0.15) is 48.8 Å². The van der Waals surface area contributed by atoms with Gasteiger partial charge in [-0.15, -0.1) is 5.10 Å². The number of carbonyl (C=O) groups is 1. The first-order chi connectivity index (χ1) is 12.5. The largest absolute Gasteiger partial charge is 0.496 e. The van der Waals surface area contributed by atoms with Crippen molar-refractivity contribution >= 4 is 5.97 Å². The summed E-state index contributed by atoms with van der Waals surface area (Å²) in [5, 5.41) is 14.1. The molecule has 9 heteroatoms. The number of halogens is 1. The predicted octanol–water partition coefficient (Wildman–Crippen LogP) is 2.41. The van der Waals surface area contributed by atoms with E-state index in [-0.39, 0.29) is 28.6 Å². The zero-order chi connectivity index (χ0) is 18.7. The second kappa shape index (κ2) is 7.27. The molecule has 0 spiro atoms. The van der Waals surface area contributed by atoms with E-state index >= 15 is 0 Å². The molecular weight excluding hydrogens is 343 g/mol. The van der Waals surface area contributed by atoms with Crippen LogP contribution in [0.25, 0.3) is 0 Å². The topological polar surface area (TPSA) is 99.2 Å². The van der Waals surface area contributed by atoms with E-state index in [1.54, 1.807) is 0 Å². The van der Waals surface area contributed by atoms with Gasteiger partial charge in [0.15, 0.2) is 17.4 Å². The summed E-state index contributed by atoms with van der Waals surface area (Å²) in [6, 6.07) is 2.46. The zero-order valence-corrected chi connectivity index (χ0v) is 14.9. The number of tetrazole rings is 1. The number of aromatic nitrogens is 4. The normalized spacial score (nSPS) is 22.7. The lowest BCUT2D eigenvalue weighted by atomic mass is 9.74. The van der Waals surface area contributed by atoms with Gasteiger partial charge in [0, 0.05) is 17.5 Å². The van der Waals surface area contributed by atoms with Crippen molar-refractivity contribution in [1.82, 2.24) is 20.6 Å². The predicted molar refractivity (Wildman–Crippen MR) is 88.7 cm³/mol. The van der Waals surface area contributed by atoms with Crippen molar-refractivity contribution in [3.63, 3.8) is 0 Å². The van der Waals surface area contributed by atoms with Crippen LogP contribution in [0.15, 0.2) is 12.1 Å². The highest BCUT2D eigenvalue weighted by molar-refractivity contribution is 5.93. The van der Waals surface area contributed by atoms with Crippen molar-refractivity contribution in [2.45, 2.75) is 44.1 Å². The molecule has 1 aliphatic rings. The zero-order valence-electron chi connectivity index (χ0n) is 14.9. The fraction of sp³-hybridized carbons (Fsp3) is 0.529. The van der Waals surface area contributed by atoms with E-state index in [0.717, 1.165) is 37.6 Å². The molecule has 1 aromatic carbocycles. The lowest BCUT2D eigenvalue weighted by molar-refractivity contribution is 0.0595. The first kappa shape index (κ1) is 18.1. The van der Waals surface area contributed by atoms with Crippen molar-refractivity contribution in [2.24, 2.45) is 0 Å². The summed E-state index contributed by atoms with van der Waals surface area (Å²) in [5.41, 5.74) is -0.0290. The average molecular weight is 364 g/mol. The molecule has 0 bridgehead atoms. The van der Waals surface area contributed by atoms with Gasteiger partial charge in [-0.25, -0.2) is 14.3 Å². The molecule has 0 saturated heterocycles. The standard InChI is InChI=1S/C17H21FN4O4/c1-17(16-19-21-22-20-16)6-4-10(5-7-17)26-14-8-11(15(23)25-3)13(24-2)9-12(14)18/h8-10H,4-7H2,1-3H3,(H,19,20,21,22)/t10-,17+. The molecule has 2 aromatic rings. The third-order valence-electron chi connectivity index (χ3n) is 4.91. The molecule has 1 N–H and O–H groups in total. The molecule has 0 aliphatic heterocycles. The van der Waals surface area contributed by atoms with E-state index in [4.69, 9.17) is 14.2 Å². The van der Waals surface area contributed by atoms with Gasteiger partial charge in [-0.05, 0) is 36.1 Å². The van der Waals surface area contributed by atoms with Gasteiger partial charge in [-0.1, -0.05) is 6.92 Å². The molecule has 0 atom stereocenters. The summed E-state index contributed by atoms with van der Waals surface area (Å²) in [4.78, 5) is 11.9. The van der Waals surface area contributed by atoms with Crippen LogP contribution < -0.4 is 9.47 Å². The smallest absolute Gasteiger partial charge is 0.341 e. The van der Waals surface area contributed by atoms with Gasteiger partial charge in [-0.3, -0.25) is 0 Å². The molecule has 3 rings (SSSR count). The number of hydrogen-bond acceptors (Lipinski definition) is 7. The van der Waals surface area contributed by atoms with Crippen LogP contribution in [0, 0.1) is 5.82 Å². The number of benzene rings is 1. The Kier molecular flexibility index (Phi) is 5.06. The van der Waals surface area contributed by atoms with E-state index < -0.39 is 11.8 Å². The summed E-state index contributed by atoms with van der Waals surface area (Å²) in [6.07, 6.45) is 2.88. The second-order valence-corrected chi connectivity index (χ2v) is 6.60. The quantitative estimate of drug-likeness (QED) is 0.813. The van der Waals surface area contributed by atoms with Crippen LogP contribution in [0.4, 0.5) is 4.39 Å². The summed E-state index contributed by atoms with van der Waals surface area (Å²) < 4.78 is 29.9. The fourth-order valence-electron chi connectivity index (χ4n) is 3.24. The molecule has 0 unspecified atom stereocenters. The minimum Gasteiger partial charge on any atom is -0.496 e. The number of methoxy groups -OCH3 is 2. The van der Waals surface area contributed by atoms with Crippen LogP contribution in [-0.4, -0.2) is 46.9 Å². The van der Waals surface area contributed by atoms with Gasteiger partial charge >= 0.3 is 5.97 Å². The summed E-state index contributed by atoms with van der Waals surface area (Å²) in [7, 11) is 2.62. The van der Waals surface area contributed by atoms with Gasteiger partial charge in [0.25, 0.3) is 0 Å². The van der Waals surface area contributed by atoms with Crippen molar-refractivity contribution in [3.05, 3.63) is 29.3 Å². The molecule has 1 aliphatic carbocycles. The van der Waals surface area contributed by atoms with Crippen molar-refractivity contribution in [2.75, 3.05) is 14.2 Å². The van der Waals surface area contributed by atoms with Crippen molar-refractivity contribution in [1.29, 1.82) is 0 Å². The summed E-state index contributed by atoms with van der Waals surface area (Å²) in [5.74, 6) is -0.320. The number of aromatic amines is 1. The minimum atomic E-state index is -0.610. The van der Waals surface area contributed by atoms with E-state index in [2.05, 4.69) is 27.5 Å². The van der Waals surface area contributed by atoms with Crippen LogP contribution in [0.5, 0.6) is 11.5 Å². The number of nitrogens with zero attached hydrogens (tertiary/aromatic N) is 3. The molecule has 1 saturated carbocycles. The van der Waals surface area contributed by atoms with Gasteiger partial charge < -0.3 is 14.2 Å². The Morgan fingerprint density at radius 2 is 2.00 bits per heavy atom. The number of rotatable bonds is 5. The number of hydrogen-bond donors (Lipinski definition) is 1. The van der Waals surface area contributed by atoms with Gasteiger partial charge in [0.1, 0.15) is 11.3 Å². The van der Waals surface area contributed by atoms with Crippen LogP contribution in [0.2, 0.25) is 0 Å². The molecule has 1 fully saturated rings. The first-order valence-electron chi connectivity index (χ1n) is 8.33. The maximum absolute atomic E-state index is 14.3. The number of esters is 1. The molecule has 140 valence electrons. The highest BCUT2D eigenvalue weighted by Crippen LogP contribution is 2.39. The van der Waals surface area contributed by atoms with Crippen LogP contribution in [0.3, 0.4) is 0 Å². The van der Waals surface area contributed by atoms with Crippen LogP contribution >= 0.6 is 0 Å². The fourth-order valence-corrected chi connectivity index (χ4v) is 3.24. The maximum Gasteiger partial charge on any atom is 0.341 e. The Bertz CT molecular complexity index is 773. The molecule has 8 nitrogen and oxygen atoms in total. The summed E-state index contributed by atoms with van der Waals surface area (Å²) >= 11 is 0. The van der Waals surface area contributed by atoms with E-state index in [1.807, 2.05) is 0 Å². The molecule has 1 heterocycles. The highest BCUT2D eigenvalue weighted by Gasteiger charge is 2.36. The number of ether oxygens (including phenoxy) is 3. The Morgan fingerprint density at radius 3 is 2.58 bits per heavy atom. The average Bonchev–Trinajstić information content (AvgIpc) is 3.20. The Morgan fingerprint density at radius 1 is 1.27 bits per heavy atom. The van der Waals surface area contributed by atoms with Gasteiger partial charge in [-0.2, -0.15) is 0 Å². The van der Waals surface area contributed by atoms with E-state index in [9.17, 15) is 9.18 Å². The Labute approximate surface area is 150 Å². The Hall–Kier alpha value is -2.71.